The Balaban J connectivity index is 1.57. The Hall–Kier alpha value is -2.40. The van der Waals surface area contributed by atoms with E-state index in [4.69, 9.17) is 16.3 Å². The van der Waals surface area contributed by atoms with Crippen molar-refractivity contribution < 1.29 is 9.53 Å². The average Bonchev–Trinajstić information content (AvgIpc) is 2.62. The lowest BCUT2D eigenvalue weighted by Gasteiger charge is -2.31. The van der Waals surface area contributed by atoms with Crippen LogP contribution in [-0.4, -0.2) is 40.2 Å². The summed E-state index contributed by atoms with van der Waals surface area (Å²) < 4.78 is 5.81. The number of hydrogen-bond donors (Lipinski definition) is 0. The monoisotopic (exact) mass is 343 g/mol. The summed E-state index contributed by atoms with van der Waals surface area (Å²) in [7, 11) is 0. The molecule has 2 aromatic rings. The average molecular weight is 344 g/mol. The smallest absolute Gasteiger partial charge is 0.246 e. The zero-order chi connectivity index (χ0) is 16.8. The molecule has 1 aliphatic heterocycles. The molecule has 0 saturated carbocycles. The van der Waals surface area contributed by atoms with Crippen molar-refractivity contribution in [2.75, 3.05) is 13.1 Å². The number of carbonyl (C=O) groups excluding carboxylic acids is 1. The summed E-state index contributed by atoms with van der Waals surface area (Å²) in [5.74, 6) is 0.478. The second-order valence-corrected chi connectivity index (χ2v) is 6.05. The third-order valence-electron chi connectivity index (χ3n) is 3.81. The van der Waals surface area contributed by atoms with Crippen molar-refractivity contribution in [1.82, 2.24) is 15.1 Å². The Morgan fingerprint density at radius 3 is 2.88 bits per heavy atom. The molecule has 0 bridgehead atoms. The molecule has 0 spiro atoms. The number of halogens is 1. The highest BCUT2D eigenvalue weighted by molar-refractivity contribution is 6.30. The molecule has 1 amide bonds. The van der Waals surface area contributed by atoms with Gasteiger partial charge in [0, 0.05) is 29.9 Å². The third-order valence-corrected chi connectivity index (χ3v) is 4.07. The Bertz CT molecular complexity index is 704. The second-order valence-electron chi connectivity index (χ2n) is 5.61. The molecule has 0 radical (unpaired) electrons. The molecular weight excluding hydrogens is 326 g/mol. The third kappa shape index (κ3) is 4.55. The van der Waals surface area contributed by atoms with Gasteiger partial charge in [0.15, 0.2) is 0 Å². The lowest BCUT2D eigenvalue weighted by Crippen LogP contribution is -2.43. The van der Waals surface area contributed by atoms with Crippen LogP contribution in [0.5, 0.6) is 5.88 Å². The predicted octanol–water partition coefficient (Wildman–Crippen LogP) is 3.21. The maximum absolute atomic E-state index is 12.4. The quantitative estimate of drug-likeness (QED) is 0.800. The number of nitrogens with zero attached hydrogens (tertiary/aromatic N) is 3. The van der Waals surface area contributed by atoms with Gasteiger partial charge in [0.1, 0.15) is 6.10 Å². The normalized spacial score (nSPS) is 17.9. The van der Waals surface area contributed by atoms with Gasteiger partial charge in [-0.3, -0.25) is 4.79 Å². The lowest BCUT2D eigenvalue weighted by molar-refractivity contribution is -0.128. The van der Waals surface area contributed by atoms with E-state index in [1.54, 1.807) is 47.5 Å². The molecular formula is C18H18ClN3O2. The number of piperidine rings is 1. The summed E-state index contributed by atoms with van der Waals surface area (Å²) >= 11 is 5.86. The van der Waals surface area contributed by atoms with Crippen LogP contribution in [0.1, 0.15) is 18.4 Å². The van der Waals surface area contributed by atoms with Gasteiger partial charge < -0.3 is 9.64 Å². The summed E-state index contributed by atoms with van der Waals surface area (Å²) in [6.07, 6.45) is 6.75. The Labute approximate surface area is 145 Å². The number of aromatic nitrogens is 2. The van der Waals surface area contributed by atoms with Gasteiger partial charge in [-0.2, -0.15) is 5.10 Å². The lowest BCUT2D eigenvalue weighted by atomic mass is 10.1. The van der Waals surface area contributed by atoms with Crippen LogP contribution in [0.4, 0.5) is 0 Å². The van der Waals surface area contributed by atoms with Gasteiger partial charge in [-0.1, -0.05) is 23.7 Å². The molecule has 5 nitrogen and oxygen atoms in total. The van der Waals surface area contributed by atoms with Crippen LogP contribution in [0, 0.1) is 0 Å². The molecule has 6 heteroatoms. The number of benzene rings is 1. The zero-order valence-electron chi connectivity index (χ0n) is 13.1. The van der Waals surface area contributed by atoms with Crippen LogP contribution in [0.25, 0.3) is 6.08 Å². The number of carbonyl (C=O) groups is 1. The van der Waals surface area contributed by atoms with Crippen LogP contribution in [0.2, 0.25) is 5.02 Å². The van der Waals surface area contributed by atoms with Crippen LogP contribution < -0.4 is 4.74 Å². The molecule has 1 atom stereocenters. The highest BCUT2D eigenvalue weighted by Gasteiger charge is 2.24. The SMILES string of the molecule is O=C(/C=C/c1ccc(Cl)cc1)N1CCCC(Oc2cccnn2)C1. The van der Waals surface area contributed by atoms with Crippen LogP contribution >= 0.6 is 11.6 Å². The van der Waals surface area contributed by atoms with E-state index in [1.807, 2.05) is 12.1 Å². The minimum Gasteiger partial charge on any atom is -0.471 e. The summed E-state index contributed by atoms with van der Waals surface area (Å²) in [6.45, 7) is 1.30. The molecule has 1 aromatic heterocycles. The molecule has 24 heavy (non-hydrogen) atoms. The van der Waals surface area contributed by atoms with E-state index in [9.17, 15) is 4.79 Å². The van der Waals surface area contributed by atoms with Crippen molar-refractivity contribution in [3.05, 3.63) is 59.3 Å². The number of amides is 1. The van der Waals surface area contributed by atoms with E-state index in [0.29, 0.717) is 17.4 Å². The number of hydrogen-bond acceptors (Lipinski definition) is 4. The molecule has 124 valence electrons. The summed E-state index contributed by atoms with van der Waals surface area (Å²) in [5.41, 5.74) is 0.942. The molecule has 3 rings (SSSR count). The largest absolute Gasteiger partial charge is 0.471 e. The van der Waals surface area contributed by atoms with Crippen molar-refractivity contribution in [3.63, 3.8) is 0 Å². The van der Waals surface area contributed by atoms with E-state index in [2.05, 4.69) is 10.2 Å². The maximum Gasteiger partial charge on any atom is 0.246 e. The zero-order valence-corrected chi connectivity index (χ0v) is 13.9. The van der Waals surface area contributed by atoms with E-state index >= 15 is 0 Å². The van der Waals surface area contributed by atoms with Crippen LogP contribution in [0.15, 0.2) is 48.7 Å². The predicted molar refractivity (Wildman–Crippen MR) is 92.7 cm³/mol. The van der Waals surface area contributed by atoms with Crippen molar-refractivity contribution in [3.8, 4) is 5.88 Å². The second kappa shape index (κ2) is 7.93. The van der Waals surface area contributed by atoms with Crippen molar-refractivity contribution in [1.29, 1.82) is 0 Å². The van der Waals surface area contributed by atoms with E-state index in [1.165, 1.54) is 0 Å². The molecule has 0 aliphatic carbocycles. The van der Waals surface area contributed by atoms with Crippen molar-refractivity contribution >= 4 is 23.6 Å². The van der Waals surface area contributed by atoms with Gasteiger partial charge in [-0.25, -0.2) is 0 Å². The maximum atomic E-state index is 12.4. The first kappa shape index (κ1) is 16.5. The fraction of sp³-hybridized carbons (Fsp3) is 0.278. The summed E-state index contributed by atoms with van der Waals surface area (Å²) in [5, 5.41) is 8.40. The van der Waals surface area contributed by atoms with Gasteiger partial charge in [-0.15, -0.1) is 5.10 Å². The first-order chi connectivity index (χ1) is 11.7. The Kier molecular flexibility index (Phi) is 5.43. The molecule has 1 saturated heterocycles. The van der Waals surface area contributed by atoms with Crippen molar-refractivity contribution in [2.45, 2.75) is 18.9 Å². The molecule has 1 aliphatic rings. The fourth-order valence-corrected chi connectivity index (χ4v) is 2.73. The Morgan fingerprint density at radius 1 is 1.29 bits per heavy atom. The number of ether oxygens (including phenoxy) is 1. The first-order valence-corrected chi connectivity index (χ1v) is 8.25. The van der Waals surface area contributed by atoms with E-state index in [-0.39, 0.29) is 12.0 Å². The van der Waals surface area contributed by atoms with Gasteiger partial charge in [0.05, 0.1) is 6.54 Å². The topological polar surface area (TPSA) is 55.3 Å². The van der Waals surface area contributed by atoms with Crippen molar-refractivity contribution in [2.24, 2.45) is 0 Å². The van der Waals surface area contributed by atoms with Crippen LogP contribution in [-0.2, 0) is 4.79 Å². The minimum atomic E-state index is -0.0525. The van der Waals surface area contributed by atoms with Crippen LogP contribution in [0.3, 0.4) is 0 Å². The molecule has 2 heterocycles. The fourth-order valence-electron chi connectivity index (χ4n) is 2.60. The molecule has 1 aromatic carbocycles. The summed E-state index contributed by atoms with van der Waals surface area (Å²) in [4.78, 5) is 14.2. The van der Waals surface area contributed by atoms with Gasteiger partial charge >= 0.3 is 0 Å². The highest BCUT2D eigenvalue weighted by atomic mass is 35.5. The first-order valence-electron chi connectivity index (χ1n) is 7.87. The molecule has 1 fully saturated rings. The van der Waals surface area contributed by atoms with E-state index in [0.717, 1.165) is 24.9 Å². The van der Waals surface area contributed by atoms with E-state index < -0.39 is 0 Å². The standard InChI is InChI=1S/C18H18ClN3O2/c19-15-8-5-14(6-9-15)7-10-18(23)22-12-2-3-16(13-22)24-17-4-1-11-20-21-17/h1,4-11,16H,2-3,12-13H2/b10-7+. The minimum absolute atomic E-state index is 0.0163. The van der Waals surface area contributed by atoms with Gasteiger partial charge in [0.25, 0.3) is 0 Å². The van der Waals surface area contributed by atoms with Gasteiger partial charge in [0.2, 0.25) is 11.8 Å². The summed E-state index contributed by atoms with van der Waals surface area (Å²) in [6, 6.07) is 10.9. The highest BCUT2D eigenvalue weighted by Crippen LogP contribution is 2.17. The van der Waals surface area contributed by atoms with Gasteiger partial charge in [-0.05, 0) is 42.7 Å². The number of likely N-dealkylation sites (tertiary alicyclic amines) is 1. The molecule has 1 unspecified atom stereocenters. The number of rotatable bonds is 4. The molecule has 0 N–H and O–H groups in total. The Morgan fingerprint density at radius 2 is 2.12 bits per heavy atom.